The molecule has 0 aliphatic rings. The van der Waals surface area contributed by atoms with Crippen molar-refractivity contribution >= 4 is 28.3 Å². The van der Waals surface area contributed by atoms with Crippen molar-refractivity contribution in [3.63, 3.8) is 0 Å². The SMILES string of the molecule is C[C@@H](O)C[C@@H](CO)Nc1cc(-n2ccc3c(cnn3Cc3c(F)cccc3Cl)c2=O)c(F)cn1. The number of pyridine rings is 2. The predicted molar refractivity (Wildman–Crippen MR) is 124 cm³/mol. The highest BCUT2D eigenvalue weighted by atomic mass is 35.5. The average Bonchev–Trinajstić information content (AvgIpc) is 3.21. The molecule has 3 aromatic heterocycles. The van der Waals surface area contributed by atoms with E-state index in [1.807, 2.05) is 0 Å². The molecule has 0 unspecified atom stereocenters. The average molecular weight is 490 g/mol. The first-order chi connectivity index (χ1) is 16.3. The molecule has 4 aromatic rings. The number of rotatable bonds is 8. The molecule has 3 N–H and O–H groups in total. The van der Waals surface area contributed by atoms with Crippen molar-refractivity contribution in [1.29, 1.82) is 0 Å². The number of benzene rings is 1. The molecule has 0 spiro atoms. The van der Waals surface area contributed by atoms with E-state index in [4.69, 9.17) is 11.6 Å². The minimum absolute atomic E-state index is 0.0158. The summed E-state index contributed by atoms with van der Waals surface area (Å²) in [5.41, 5.74) is 0.0979. The Bertz CT molecular complexity index is 1370. The zero-order chi connectivity index (χ0) is 24.4. The van der Waals surface area contributed by atoms with Gasteiger partial charge in [0.2, 0.25) is 0 Å². The second-order valence-corrected chi connectivity index (χ2v) is 8.33. The van der Waals surface area contributed by atoms with E-state index in [1.165, 1.54) is 35.3 Å². The monoisotopic (exact) mass is 489 g/mol. The molecule has 11 heteroatoms. The third-order valence-corrected chi connectivity index (χ3v) is 5.73. The van der Waals surface area contributed by atoms with Crippen LogP contribution in [0.3, 0.4) is 0 Å². The van der Waals surface area contributed by atoms with E-state index in [2.05, 4.69) is 15.4 Å². The molecule has 0 amide bonds. The first-order valence-electron chi connectivity index (χ1n) is 10.5. The zero-order valence-corrected chi connectivity index (χ0v) is 18.9. The predicted octanol–water partition coefficient (Wildman–Crippen LogP) is 3.11. The maximum Gasteiger partial charge on any atom is 0.266 e. The van der Waals surface area contributed by atoms with Crippen LogP contribution in [0.2, 0.25) is 5.02 Å². The molecule has 0 saturated carbocycles. The van der Waals surface area contributed by atoms with E-state index in [0.29, 0.717) is 5.52 Å². The van der Waals surface area contributed by atoms with Crippen LogP contribution in [-0.2, 0) is 6.54 Å². The van der Waals surface area contributed by atoms with E-state index in [-0.39, 0.29) is 47.1 Å². The van der Waals surface area contributed by atoms with Crippen molar-refractivity contribution in [2.24, 2.45) is 0 Å². The first kappa shape index (κ1) is 23.8. The molecule has 178 valence electrons. The largest absolute Gasteiger partial charge is 0.394 e. The number of aliphatic hydroxyl groups is 2. The van der Waals surface area contributed by atoms with Gasteiger partial charge in [-0.3, -0.25) is 14.0 Å². The maximum absolute atomic E-state index is 14.6. The number of aliphatic hydroxyl groups excluding tert-OH is 2. The molecular formula is C23H22ClF2N5O3. The van der Waals surface area contributed by atoms with Crippen LogP contribution in [-0.4, -0.2) is 48.3 Å². The number of anilines is 1. The van der Waals surface area contributed by atoms with Crippen molar-refractivity contribution in [3.05, 3.63) is 81.5 Å². The highest BCUT2D eigenvalue weighted by Gasteiger charge is 2.17. The number of halogens is 3. The van der Waals surface area contributed by atoms with Crippen molar-refractivity contribution in [2.45, 2.75) is 32.0 Å². The van der Waals surface area contributed by atoms with Gasteiger partial charge in [0.25, 0.3) is 5.56 Å². The topological polar surface area (TPSA) is 105 Å². The summed E-state index contributed by atoms with van der Waals surface area (Å²) in [7, 11) is 0. The molecule has 0 bridgehead atoms. The molecule has 1 aromatic carbocycles. The fourth-order valence-corrected chi connectivity index (χ4v) is 3.94. The van der Waals surface area contributed by atoms with Gasteiger partial charge in [0.05, 0.1) is 54.3 Å². The standard InChI is InChI=1S/C23H22ClF2N5O3/c1-13(33)7-14(12-32)29-22-8-21(19(26)10-27-22)30-6-5-20-15(23(30)34)9-28-31(20)11-16-17(24)3-2-4-18(16)25/h2-6,8-10,13-14,32-33H,7,11-12H2,1H3,(H,27,29)/t13-,14+/m1/s1. The Morgan fingerprint density at radius 1 is 1.21 bits per heavy atom. The van der Waals surface area contributed by atoms with E-state index in [9.17, 15) is 23.8 Å². The number of nitrogens with zero attached hydrogens (tertiary/aromatic N) is 4. The lowest BCUT2D eigenvalue weighted by Crippen LogP contribution is -2.28. The molecule has 0 saturated heterocycles. The van der Waals surface area contributed by atoms with Gasteiger partial charge in [-0.25, -0.2) is 13.8 Å². The van der Waals surface area contributed by atoms with Crippen LogP contribution in [0.25, 0.3) is 16.6 Å². The van der Waals surface area contributed by atoms with E-state index in [1.54, 1.807) is 19.1 Å². The zero-order valence-electron chi connectivity index (χ0n) is 18.1. The first-order valence-corrected chi connectivity index (χ1v) is 10.9. The summed E-state index contributed by atoms with van der Waals surface area (Å²) >= 11 is 6.11. The second kappa shape index (κ2) is 9.88. The summed E-state index contributed by atoms with van der Waals surface area (Å²) in [4.78, 5) is 17.1. The maximum atomic E-state index is 14.6. The van der Waals surface area contributed by atoms with Crippen LogP contribution in [0.1, 0.15) is 18.9 Å². The third-order valence-electron chi connectivity index (χ3n) is 5.37. The molecule has 0 radical (unpaired) electrons. The quantitative estimate of drug-likeness (QED) is 0.351. The molecule has 0 fully saturated rings. The van der Waals surface area contributed by atoms with Crippen molar-refractivity contribution < 1.29 is 19.0 Å². The Labute approximate surface area is 198 Å². The van der Waals surface area contributed by atoms with E-state index >= 15 is 0 Å². The summed E-state index contributed by atoms with van der Waals surface area (Å²) in [6.07, 6.45) is 3.29. The molecule has 0 aliphatic heterocycles. The Hall–Kier alpha value is -3.34. The van der Waals surface area contributed by atoms with Gasteiger partial charge in [0.15, 0.2) is 5.82 Å². The molecule has 3 heterocycles. The highest BCUT2D eigenvalue weighted by molar-refractivity contribution is 6.31. The van der Waals surface area contributed by atoms with Gasteiger partial charge < -0.3 is 15.5 Å². The van der Waals surface area contributed by atoms with Crippen LogP contribution in [0.15, 0.2) is 53.7 Å². The van der Waals surface area contributed by atoms with Crippen LogP contribution in [0.5, 0.6) is 0 Å². The minimum atomic E-state index is -0.728. The second-order valence-electron chi connectivity index (χ2n) is 7.92. The molecule has 4 rings (SSSR count). The van der Waals surface area contributed by atoms with Crippen molar-refractivity contribution in [3.8, 4) is 5.69 Å². The van der Waals surface area contributed by atoms with Gasteiger partial charge in [0.1, 0.15) is 11.6 Å². The van der Waals surface area contributed by atoms with Crippen LogP contribution < -0.4 is 10.9 Å². The third kappa shape index (κ3) is 4.79. The summed E-state index contributed by atoms with van der Waals surface area (Å²) in [5.74, 6) is -0.984. The summed E-state index contributed by atoms with van der Waals surface area (Å²) in [5, 5.41) is 26.6. The summed E-state index contributed by atoms with van der Waals surface area (Å²) < 4.78 is 31.4. The Morgan fingerprint density at radius 2 is 2.00 bits per heavy atom. The fourth-order valence-electron chi connectivity index (χ4n) is 3.72. The number of aromatic nitrogens is 4. The van der Waals surface area contributed by atoms with Crippen molar-refractivity contribution in [1.82, 2.24) is 19.3 Å². The molecular weight excluding hydrogens is 468 g/mol. The summed E-state index contributed by atoms with van der Waals surface area (Å²) in [6, 6.07) is 6.78. The van der Waals surface area contributed by atoms with Gasteiger partial charge in [-0.05, 0) is 31.5 Å². The van der Waals surface area contributed by atoms with Gasteiger partial charge in [-0.15, -0.1) is 0 Å². The Morgan fingerprint density at radius 3 is 2.71 bits per heavy atom. The van der Waals surface area contributed by atoms with E-state index in [0.717, 1.165) is 10.8 Å². The molecule has 0 aliphatic carbocycles. The van der Waals surface area contributed by atoms with E-state index < -0.39 is 29.3 Å². The van der Waals surface area contributed by atoms with Crippen LogP contribution in [0, 0.1) is 11.6 Å². The number of nitrogens with one attached hydrogen (secondary N) is 1. The van der Waals surface area contributed by atoms with Crippen LogP contribution >= 0.6 is 11.6 Å². The van der Waals surface area contributed by atoms with Gasteiger partial charge in [-0.2, -0.15) is 5.10 Å². The lowest BCUT2D eigenvalue weighted by Gasteiger charge is -2.19. The lowest BCUT2D eigenvalue weighted by atomic mass is 10.1. The molecule has 2 atom stereocenters. The summed E-state index contributed by atoms with van der Waals surface area (Å²) in [6.45, 7) is 1.33. The van der Waals surface area contributed by atoms with Gasteiger partial charge >= 0.3 is 0 Å². The number of hydrogen-bond acceptors (Lipinski definition) is 6. The lowest BCUT2D eigenvalue weighted by molar-refractivity contribution is 0.159. The molecule has 34 heavy (non-hydrogen) atoms. The van der Waals surface area contributed by atoms with Crippen molar-refractivity contribution in [2.75, 3.05) is 11.9 Å². The van der Waals surface area contributed by atoms with Gasteiger partial charge in [0, 0.05) is 22.8 Å². The Kier molecular flexibility index (Phi) is 6.92. The normalized spacial score (nSPS) is 13.2. The minimum Gasteiger partial charge on any atom is -0.394 e. The molecule has 8 nitrogen and oxygen atoms in total. The number of fused-ring (bicyclic) bond motifs is 1. The Balaban J connectivity index is 1.70. The smallest absolute Gasteiger partial charge is 0.266 e. The van der Waals surface area contributed by atoms with Gasteiger partial charge in [-0.1, -0.05) is 17.7 Å². The van der Waals surface area contributed by atoms with Crippen LogP contribution in [0.4, 0.5) is 14.6 Å². The number of hydrogen-bond donors (Lipinski definition) is 3. The highest BCUT2D eigenvalue weighted by Crippen LogP contribution is 2.22. The fraction of sp³-hybridized carbons (Fsp3) is 0.261.